The molecular weight excluding hydrogens is 384 g/mol. The van der Waals surface area contributed by atoms with Gasteiger partial charge in [-0.3, -0.25) is 15.0 Å². The van der Waals surface area contributed by atoms with Gasteiger partial charge in [0.1, 0.15) is 17.6 Å². The number of hydrogen-bond donors (Lipinski definition) is 4. The lowest BCUT2D eigenvalue weighted by molar-refractivity contribution is -0.135. The highest BCUT2D eigenvalue weighted by atomic mass is 16.3. The van der Waals surface area contributed by atoms with E-state index in [2.05, 4.69) is 5.32 Å². The van der Waals surface area contributed by atoms with Crippen molar-refractivity contribution < 1.29 is 19.8 Å². The molecule has 0 aliphatic carbocycles. The molecule has 8 nitrogen and oxygen atoms in total. The third-order valence-corrected chi connectivity index (χ3v) is 5.19. The van der Waals surface area contributed by atoms with Crippen molar-refractivity contribution in [1.29, 1.82) is 5.41 Å². The maximum atomic E-state index is 13.1. The molecule has 8 heteroatoms. The fraction of sp³-hybridized carbons (Fsp3) is 0.318. The Morgan fingerprint density at radius 2 is 1.63 bits per heavy atom. The van der Waals surface area contributed by atoms with Crippen LogP contribution in [0.5, 0.6) is 5.75 Å². The molecule has 1 aliphatic rings. The molecule has 1 aliphatic heterocycles. The highest BCUT2D eigenvalue weighted by Gasteiger charge is 2.29. The Bertz CT molecular complexity index is 904. The van der Waals surface area contributed by atoms with E-state index < -0.39 is 18.1 Å². The van der Waals surface area contributed by atoms with Gasteiger partial charge < -0.3 is 21.1 Å². The maximum absolute atomic E-state index is 13.1. The Morgan fingerprint density at radius 3 is 2.20 bits per heavy atom. The van der Waals surface area contributed by atoms with Gasteiger partial charge in [0.05, 0.1) is 6.10 Å². The Morgan fingerprint density at radius 1 is 1.07 bits per heavy atom. The molecule has 0 aromatic heterocycles. The van der Waals surface area contributed by atoms with Crippen LogP contribution in [0.3, 0.4) is 0 Å². The molecule has 5 N–H and O–H groups in total. The summed E-state index contributed by atoms with van der Waals surface area (Å²) in [4.78, 5) is 27.5. The van der Waals surface area contributed by atoms with Crippen LogP contribution >= 0.6 is 0 Å². The molecule has 1 saturated heterocycles. The smallest absolute Gasteiger partial charge is 0.251 e. The van der Waals surface area contributed by atoms with Crippen molar-refractivity contribution in [2.75, 3.05) is 13.1 Å². The fourth-order valence-electron chi connectivity index (χ4n) is 3.41. The van der Waals surface area contributed by atoms with Gasteiger partial charge in [0.15, 0.2) is 0 Å². The van der Waals surface area contributed by atoms with Crippen molar-refractivity contribution in [2.45, 2.75) is 31.4 Å². The van der Waals surface area contributed by atoms with Crippen molar-refractivity contribution in [3.8, 4) is 5.75 Å². The summed E-state index contributed by atoms with van der Waals surface area (Å²) in [6, 6.07) is 11.9. The lowest BCUT2D eigenvalue weighted by atomic mass is 10.0. The van der Waals surface area contributed by atoms with Crippen LogP contribution in [0.1, 0.15) is 34.3 Å². The van der Waals surface area contributed by atoms with Gasteiger partial charge in [-0.05, 0) is 42.7 Å². The van der Waals surface area contributed by atoms with Crippen molar-refractivity contribution in [1.82, 2.24) is 10.2 Å². The number of nitrogens with one attached hydrogen (secondary N) is 2. The van der Waals surface area contributed by atoms with E-state index in [1.165, 1.54) is 12.1 Å². The fourth-order valence-corrected chi connectivity index (χ4v) is 3.41. The van der Waals surface area contributed by atoms with Gasteiger partial charge in [-0.1, -0.05) is 24.3 Å². The van der Waals surface area contributed by atoms with Crippen LogP contribution in [0.4, 0.5) is 0 Å². The summed E-state index contributed by atoms with van der Waals surface area (Å²) < 4.78 is 0. The van der Waals surface area contributed by atoms with E-state index in [1.54, 1.807) is 41.3 Å². The first kappa shape index (κ1) is 21.3. The first-order valence-corrected chi connectivity index (χ1v) is 9.81. The summed E-state index contributed by atoms with van der Waals surface area (Å²) in [5.41, 5.74) is 7.08. The van der Waals surface area contributed by atoms with E-state index in [1.807, 2.05) is 0 Å². The van der Waals surface area contributed by atoms with E-state index >= 15 is 0 Å². The van der Waals surface area contributed by atoms with E-state index in [-0.39, 0.29) is 23.9 Å². The largest absolute Gasteiger partial charge is 0.508 e. The molecule has 2 aromatic rings. The molecule has 157 valence electrons. The normalized spacial score (nSPS) is 15.4. The first-order chi connectivity index (χ1) is 14.3. The van der Waals surface area contributed by atoms with Crippen LogP contribution in [-0.4, -0.2) is 52.9 Å². The van der Waals surface area contributed by atoms with Crippen molar-refractivity contribution >= 4 is 17.6 Å². The predicted octanol–water partition coefficient (Wildman–Crippen LogP) is 1.44. The number of phenolic OH excluding ortho intramolecular Hbond substituents is 1. The van der Waals surface area contributed by atoms with Crippen LogP contribution in [0, 0.1) is 5.41 Å². The summed E-state index contributed by atoms with van der Waals surface area (Å²) >= 11 is 0. The van der Waals surface area contributed by atoms with Gasteiger partial charge in [-0.15, -0.1) is 0 Å². The second-order valence-corrected chi connectivity index (χ2v) is 7.41. The summed E-state index contributed by atoms with van der Waals surface area (Å²) in [6.07, 6.45) is 0.406. The van der Waals surface area contributed by atoms with E-state index in [0.29, 0.717) is 37.1 Å². The highest BCUT2D eigenvalue weighted by molar-refractivity contribution is 5.99. The van der Waals surface area contributed by atoms with Gasteiger partial charge in [-0.25, -0.2) is 5.11 Å². The number of aromatic hydroxyl groups is 1. The predicted molar refractivity (Wildman–Crippen MR) is 111 cm³/mol. The topological polar surface area (TPSA) is 139 Å². The first-order valence-electron chi connectivity index (χ1n) is 9.81. The van der Waals surface area contributed by atoms with Crippen LogP contribution in [0.25, 0.3) is 0 Å². The monoisotopic (exact) mass is 409 g/mol. The number of carbonyl (C=O) groups is 2. The molecule has 0 saturated carbocycles. The number of likely N-dealkylation sites (tertiary alicyclic amines) is 1. The average molecular weight is 409 g/mol. The molecule has 2 aromatic carbocycles. The number of piperidine rings is 1. The summed E-state index contributed by atoms with van der Waals surface area (Å²) in [7, 11) is 0. The number of benzene rings is 2. The van der Waals surface area contributed by atoms with Crippen LogP contribution in [-0.2, 0) is 16.3 Å². The standard InChI is InChI=1S/C22H25N4O4/c23-20(24)15-3-5-16(6-4-15)21(29)25-19(13-14-1-7-17(27)8-2-14)22(30)26-11-9-18(28)10-12-26/h1-8,18-19,27H,9-13H2,(H3,23,24)(H,25,29)/t19-/m0/s1. The Balaban J connectivity index is 1.77. The van der Waals surface area contributed by atoms with Crippen molar-refractivity contribution in [3.63, 3.8) is 0 Å². The van der Waals surface area contributed by atoms with Crippen molar-refractivity contribution in [3.05, 3.63) is 65.2 Å². The van der Waals surface area contributed by atoms with Gasteiger partial charge in [0.2, 0.25) is 5.91 Å². The van der Waals surface area contributed by atoms with Crippen molar-refractivity contribution in [2.24, 2.45) is 5.73 Å². The second-order valence-electron chi connectivity index (χ2n) is 7.41. The zero-order chi connectivity index (χ0) is 21.7. The average Bonchev–Trinajstić information content (AvgIpc) is 2.75. The molecule has 0 unspecified atom stereocenters. The van der Waals surface area contributed by atoms with Crippen LogP contribution in [0.2, 0.25) is 0 Å². The zero-order valence-electron chi connectivity index (χ0n) is 16.5. The second kappa shape index (κ2) is 9.41. The summed E-state index contributed by atoms with van der Waals surface area (Å²) in [5, 5.41) is 31.3. The zero-order valence-corrected chi connectivity index (χ0v) is 16.5. The number of nitrogens with zero attached hydrogens (tertiary/aromatic N) is 1. The number of nitrogens with two attached hydrogens (primary N) is 1. The molecule has 3 rings (SSSR count). The van der Waals surface area contributed by atoms with E-state index in [0.717, 1.165) is 5.56 Å². The molecule has 0 spiro atoms. The number of rotatable bonds is 6. The van der Waals surface area contributed by atoms with E-state index in [4.69, 9.17) is 11.1 Å². The highest BCUT2D eigenvalue weighted by Crippen LogP contribution is 2.16. The Hall–Kier alpha value is -3.39. The number of amidine groups is 1. The molecule has 2 amide bonds. The van der Waals surface area contributed by atoms with Crippen LogP contribution < -0.4 is 11.1 Å². The summed E-state index contributed by atoms with van der Waals surface area (Å²) in [6.45, 7) is 0.754. The lowest BCUT2D eigenvalue weighted by Crippen LogP contribution is -2.52. The number of hydrogen-bond acceptors (Lipinski definition) is 4. The molecule has 0 bridgehead atoms. The minimum atomic E-state index is -0.808. The Kier molecular flexibility index (Phi) is 6.68. The molecule has 30 heavy (non-hydrogen) atoms. The van der Waals surface area contributed by atoms with E-state index in [9.17, 15) is 19.8 Å². The number of nitrogen functional groups attached to an aromatic ring is 1. The van der Waals surface area contributed by atoms with Gasteiger partial charge >= 0.3 is 0 Å². The van der Waals surface area contributed by atoms with Gasteiger partial charge in [0, 0.05) is 30.6 Å². The maximum Gasteiger partial charge on any atom is 0.251 e. The number of phenols is 1. The quantitative estimate of drug-likeness (QED) is 0.423. The minimum Gasteiger partial charge on any atom is -0.508 e. The Labute approximate surface area is 174 Å². The van der Waals surface area contributed by atoms with Gasteiger partial charge in [-0.2, -0.15) is 0 Å². The van der Waals surface area contributed by atoms with Gasteiger partial charge in [0.25, 0.3) is 5.91 Å². The molecule has 1 heterocycles. The molecule has 1 radical (unpaired) electrons. The lowest BCUT2D eigenvalue weighted by Gasteiger charge is -2.32. The van der Waals surface area contributed by atoms with Crippen LogP contribution in [0.15, 0.2) is 48.5 Å². The molecule has 1 fully saturated rings. The molecule has 1 atom stereocenters. The third kappa shape index (κ3) is 5.36. The number of amides is 2. The molecular formula is C22H25N4O4. The SMILES string of the molecule is N=C(N)c1ccc(C(=O)N[C@@H](Cc2ccc(O)cc2)C(=O)N2CCC([O])CC2)cc1. The number of carbonyl (C=O) groups excluding carboxylic acids is 2. The summed E-state index contributed by atoms with van der Waals surface area (Å²) in [5.74, 6) is -0.623. The minimum absolute atomic E-state index is 0.0934. The third-order valence-electron chi connectivity index (χ3n) is 5.19.